The van der Waals surface area contributed by atoms with Gasteiger partial charge in [0.2, 0.25) is 0 Å². The first-order chi connectivity index (χ1) is 14.9. The zero-order valence-corrected chi connectivity index (χ0v) is 21.1. The summed E-state index contributed by atoms with van der Waals surface area (Å²) in [6, 6.07) is 23.1. The van der Waals surface area contributed by atoms with E-state index in [1.54, 1.807) is 0 Å². The van der Waals surface area contributed by atoms with Crippen LogP contribution in [0.1, 0.15) is 63.1 Å². The summed E-state index contributed by atoms with van der Waals surface area (Å²) in [6.07, 6.45) is 3.59. The maximum atomic E-state index is 13.4. The van der Waals surface area contributed by atoms with Crippen LogP contribution in [-0.2, 0) is 9.53 Å². The van der Waals surface area contributed by atoms with Gasteiger partial charge in [0.05, 0.1) is 14.2 Å². The maximum absolute atomic E-state index is 13.4. The minimum atomic E-state index is -1.81. The van der Waals surface area contributed by atoms with Crippen LogP contribution < -0.4 is 0 Å². The Kier molecular flexibility index (Phi) is 7.93. The van der Waals surface area contributed by atoms with Crippen LogP contribution in [0.25, 0.3) is 0 Å². The van der Waals surface area contributed by atoms with Gasteiger partial charge in [-0.2, -0.15) is 0 Å². The van der Waals surface area contributed by atoms with Crippen molar-refractivity contribution in [3.8, 4) is 0 Å². The molecule has 0 spiro atoms. The summed E-state index contributed by atoms with van der Waals surface area (Å²) in [7, 11) is -1.81. The van der Waals surface area contributed by atoms with E-state index in [9.17, 15) is 4.79 Å². The quantitative estimate of drug-likeness (QED) is 0.387. The Morgan fingerprint density at radius 2 is 1.45 bits per heavy atom. The van der Waals surface area contributed by atoms with Crippen LogP contribution in [0.5, 0.6) is 0 Å². The van der Waals surface area contributed by atoms with E-state index in [2.05, 4.69) is 87.6 Å². The summed E-state index contributed by atoms with van der Waals surface area (Å²) < 4.78 is 6.00. The van der Waals surface area contributed by atoms with Crippen LogP contribution in [0, 0.1) is 11.3 Å². The SMILES string of the molecule is CCO[C@H]1CC(=O)C(CC)(CC)[C@@H](C[Si](C)(C)C(c2ccccc2)c2ccccc2)C1. The molecule has 0 unspecified atom stereocenters. The Labute approximate surface area is 190 Å². The monoisotopic (exact) mass is 436 g/mol. The molecule has 0 heterocycles. The Hall–Kier alpha value is -1.71. The first kappa shape index (κ1) is 23.9. The predicted octanol–water partition coefficient (Wildman–Crippen LogP) is 7.26. The molecule has 0 bridgehead atoms. The van der Waals surface area contributed by atoms with Crippen LogP contribution in [-0.4, -0.2) is 26.6 Å². The van der Waals surface area contributed by atoms with Crippen molar-refractivity contribution in [3.63, 3.8) is 0 Å². The van der Waals surface area contributed by atoms with Crippen molar-refractivity contribution in [2.45, 2.75) is 77.2 Å². The molecule has 0 N–H and O–H groups in total. The highest BCUT2D eigenvalue weighted by Crippen LogP contribution is 2.50. The molecule has 1 aliphatic rings. The van der Waals surface area contributed by atoms with E-state index >= 15 is 0 Å². The number of ketones is 1. The lowest BCUT2D eigenvalue weighted by molar-refractivity contribution is -0.142. The summed E-state index contributed by atoms with van der Waals surface area (Å²) in [5.41, 5.74) is 3.05. The van der Waals surface area contributed by atoms with Crippen LogP contribution in [0.4, 0.5) is 0 Å². The lowest BCUT2D eigenvalue weighted by atomic mass is 9.62. The molecule has 2 nitrogen and oxygen atoms in total. The molecular weight excluding hydrogens is 396 g/mol. The maximum Gasteiger partial charge on any atom is 0.141 e. The molecule has 0 aliphatic heterocycles. The van der Waals surface area contributed by atoms with Gasteiger partial charge in [-0.3, -0.25) is 4.79 Å². The highest BCUT2D eigenvalue weighted by atomic mass is 28.3. The number of ether oxygens (including phenoxy) is 1. The van der Waals surface area contributed by atoms with Crippen molar-refractivity contribution in [2.24, 2.45) is 11.3 Å². The molecule has 2 aromatic rings. The molecule has 3 rings (SSSR count). The van der Waals surface area contributed by atoms with Crippen LogP contribution in [0.15, 0.2) is 60.7 Å². The molecule has 31 heavy (non-hydrogen) atoms. The number of Topliss-reactive ketones (excluding diaryl/α,β-unsaturated/α-hetero) is 1. The Morgan fingerprint density at radius 3 is 1.90 bits per heavy atom. The van der Waals surface area contributed by atoms with Crippen LogP contribution in [0.3, 0.4) is 0 Å². The minimum absolute atomic E-state index is 0.0884. The van der Waals surface area contributed by atoms with Gasteiger partial charge in [0.1, 0.15) is 5.78 Å². The Bertz CT molecular complexity index is 787. The summed E-state index contributed by atoms with van der Waals surface area (Å²) in [6.45, 7) is 12.2. The van der Waals surface area contributed by atoms with E-state index in [1.165, 1.54) is 11.1 Å². The molecule has 0 saturated heterocycles. The van der Waals surface area contributed by atoms with Crippen LogP contribution in [0.2, 0.25) is 19.1 Å². The topological polar surface area (TPSA) is 26.3 Å². The van der Waals surface area contributed by atoms with Crippen molar-refractivity contribution in [3.05, 3.63) is 71.8 Å². The third-order valence-corrected chi connectivity index (χ3v) is 11.6. The summed E-state index contributed by atoms with van der Waals surface area (Å²) >= 11 is 0. The molecule has 3 heteroatoms. The first-order valence-corrected chi connectivity index (χ1v) is 15.4. The highest BCUT2D eigenvalue weighted by Gasteiger charge is 2.50. The van der Waals surface area contributed by atoms with E-state index in [0.717, 1.165) is 25.3 Å². The van der Waals surface area contributed by atoms with Crippen molar-refractivity contribution in [1.82, 2.24) is 0 Å². The van der Waals surface area contributed by atoms with E-state index in [-0.39, 0.29) is 11.5 Å². The number of carbonyl (C=O) groups excluding carboxylic acids is 1. The van der Waals surface area contributed by atoms with Gasteiger partial charge in [0.15, 0.2) is 0 Å². The molecule has 2 aromatic carbocycles. The molecule has 2 atom stereocenters. The van der Waals surface area contributed by atoms with E-state index in [0.29, 0.717) is 30.3 Å². The summed E-state index contributed by atoms with van der Waals surface area (Å²) in [5.74, 6) is 0.838. The van der Waals surface area contributed by atoms with Gasteiger partial charge in [-0.25, -0.2) is 0 Å². The average molecular weight is 437 g/mol. The molecule has 1 aliphatic carbocycles. The van der Waals surface area contributed by atoms with Crippen LogP contribution >= 0.6 is 0 Å². The fourth-order valence-electron chi connectivity index (χ4n) is 6.27. The predicted molar refractivity (Wildman–Crippen MR) is 133 cm³/mol. The van der Waals surface area contributed by atoms with Crippen molar-refractivity contribution in [1.29, 1.82) is 0 Å². The van der Waals surface area contributed by atoms with Gasteiger partial charge < -0.3 is 4.74 Å². The van der Waals surface area contributed by atoms with Gasteiger partial charge in [-0.1, -0.05) is 93.6 Å². The van der Waals surface area contributed by atoms with Crippen molar-refractivity contribution < 1.29 is 9.53 Å². The minimum Gasteiger partial charge on any atom is -0.378 e. The second-order valence-corrected chi connectivity index (χ2v) is 14.9. The standard InChI is InChI=1S/C28H40O2Si/c1-6-28(7-2)24(19-25(30-8-3)20-26(28)29)21-31(4,5)27(22-15-11-9-12-16-22)23-17-13-10-14-18-23/h9-18,24-25,27H,6-8,19-21H2,1-5H3/t24-,25-/m1/s1. The molecular formula is C28H40O2Si. The first-order valence-electron chi connectivity index (χ1n) is 12.1. The second-order valence-electron chi connectivity index (χ2n) is 9.95. The normalized spacial score (nSPS) is 21.4. The lowest BCUT2D eigenvalue weighted by Gasteiger charge is -2.48. The average Bonchev–Trinajstić information content (AvgIpc) is 2.76. The number of rotatable bonds is 9. The fourth-order valence-corrected chi connectivity index (χ4v) is 10.5. The fraction of sp³-hybridized carbons (Fsp3) is 0.536. The lowest BCUT2D eigenvalue weighted by Crippen LogP contribution is -2.50. The zero-order chi connectivity index (χ0) is 22.5. The largest absolute Gasteiger partial charge is 0.378 e. The van der Waals surface area contributed by atoms with E-state index in [1.807, 2.05) is 6.92 Å². The second kappa shape index (κ2) is 10.3. The number of carbonyl (C=O) groups is 1. The number of hydrogen-bond acceptors (Lipinski definition) is 2. The zero-order valence-electron chi connectivity index (χ0n) is 20.1. The van der Waals surface area contributed by atoms with Gasteiger partial charge in [0.25, 0.3) is 0 Å². The molecule has 168 valence electrons. The number of benzene rings is 2. The van der Waals surface area contributed by atoms with Gasteiger partial charge in [-0.05, 0) is 43.2 Å². The summed E-state index contributed by atoms with van der Waals surface area (Å²) in [4.78, 5) is 13.4. The van der Waals surface area contributed by atoms with Gasteiger partial charge in [-0.15, -0.1) is 0 Å². The highest BCUT2D eigenvalue weighted by molar-refractivity contribution is 6.79. The molecule has 0 amide bonds. The van der Waals surface area contributed by atoms with Gasteiger partial charge in [0, 0.05) is 24.0 Å². The number of hydrogen-bond donors (Lipinski definition) is 0. The molecule has 0 aromatic heterocycles. The molecule has 1 saturated carbocycles. The summed E-state index contributed by atoms with van der Waals surface area (Å²) in [5, 5.41) is 0. The third-order valence-electron chi connectivity index (χ3n) is 7.78. The smallest absolute Gasteiger partial charge is 0.141 e. The molecule has 1 fully saturated rings. The third kappa shape index (κ3) is 5.04. The van der Waals surface area contributed by atoms with Crippen molar-refractivity contribution >= 4 is 13.9 Å². The van der Waals surface area contributed by atoms with E-state index in [4.69, 9.17) is 4.74 Å². The molecule has 0 radical (unpaired) electrons. The van der Waals surface area contributed by atoms with Crippen molar-refractivity contribution in [2.75, 3.05) is 6.61 Å². The van der Waals surface area contributed by atoms with E-state index < -0.39 is 8.07 Å². The Morgan fingerprint density at radius 1 is 0.935 bits per heavy atom. The van der Waals surface area contributed by atoms with Gasteiger partial charge >= 0.3 is 0 Å². The Balaban J connectivity index is 2.00.